The SMILES string of the molecule is CSCC[C@H](NC(=O)c1ccc(CCC(=O)NC23CC4CC(CC(C4)C2)C3)cc1-c1ccccc1C)C(=O)O.[LiH]. The first-order valence-electron chi connectivity index (χ1n) is 14.3. The van der Waals surface area contributed by atoms with Crippen LogP contribution in [0.25, 0.3) is 11.1 Å². The summed E-state index contributed by atoms with van der Waals surface area (Å²) in [5.41, 5.74) is 4.17. The number of amides is 2. The van der Waals surface area contributed by atoms with Crippen molar-refractivity contribution in [3.05, 3.63) is 59.2 Å². The van der Waals surface area contributed by atoms with Crippen LogP contribution < -0.4 is 10.6 Å². The van der Waals surface area contributed by atoms with Crippen LogP contribution in [0, 0.1) is 24.7 Å². The third-order valence-corrected chi connectivity index (χ3v) is 9.71. The second-order valence-corrected chi connectivity index (χ2v) is 13.1. The topological polar surface area (TPSA) is 95.5 Å². The Morgan fingerprint density at radius 1 is 1.00 bits per heavy atom. The zero-order chi connectivity index (χ0) is 27.6. The molecule has 4 bridgehead atoms. The van der Waals surface area contributed by atoms with Gasteiger partial charge in [-0.05, 0) is 116 Å². The number of hydrogen-bond acceptors (Lipinski definition) is 4. The van der Waals surface area contributed by atoms with Gasteiger partial charge in [-0.1, -0.05) is 36.4 Å². The summed E-state index contributed by atoms with van der Waals surface area (Å²) in [6, 6.07) is 12.6. The number of nitrogens with one attached hydrogen (secondary N) is 2. The summed E-state index contributed by atoms with van der Waals surface area (Å²) in [7, 11) is 0. The van der Waals surface area contributed by atoms with Crippen molar-refractivity contribution in [1.82, 2.24) is 10.6 Å². The molecule has 6 rings (SSSR count). The average Bonchev–Trinajstić information content (AvgIpc) is 2.88. The zero-order valence-corrected chi connectivity index (χ0v) is 23.8. The van der Waals surface area contributed by atoms with Crippen LogP contribution in [0.15, 0.2) is 42.5 Å². The van der Waals surface area contributed by atoms with Crippen molar-refractivity contribution in [3.63, 3.8) is 0 Å². The van der Waals surface area contributed by atoms with E-state index in [9.17, 15) is 19.5 Å². The molecule has 6 nitrogen and oxygen atoms in total. The van der Waals surface area contributed by atoms with Gasteiger partial charge in [-0.25, -0.2) is 4.79 Å². The maximum atomic E-state index is 13.3. The molecule has 0 saturated heterocycles. The van der Waals surface area contributed by atoms with Crippen molar-refractivity contribution in [2.45, 2.75) is 76.3 Å². The first kappa shape index (κ1) is 30.7. The van der Waals surface area contributed by atoms with Crippen LogP contribution >= 0.6 is 11.8 Å². The predicted octanol–water partition coefficient (Wildman–Crippen LogP) is 4.97. The fourth-order valence-corrected chi connectivity index (χ4v) is 8.12. The van der Waals surface area contributed by atoms with Crippen LogP contribution in [0.5, 0.6) is 0 Å². The molecule has 3 N–H and O–H groups in total. The molecule has 210 valence electrons. The third kappa shape index (κ3) is 6.98. The van der Waals surface area contributed by atoms with Gasteiger partial charge in [0.25, 0.3) is 5.91 Å². The number of carbonyl (C=O) groups excluding carboxylic acids is 2. The summed E-state index contributed by atoms with van der Waals surface area (Å²) in [6.07, 6.45) is 10.7. The average molecular weight is 557 g/mol. The molecule has 4 aliphatic carbocycles. The second kappa shape index (κ2) is 13.2. The molecular weight excluding hydrogens is 515 g/mol. The van der Waals surface area contributed by atoms with Gasteiger partial charge in [0, 0.05) is 17.5 Å². The van der Waals surface area contributed by atoms with E-state index in [0.29, 0.717) is 30.6 Å². The molecular formula is C32H41LiN2O4S. The minimum absolute atomic E-state index is 0. The molecule has 1 atom stereocenters. The van der Waals surface area contributed by atoms with E-state index >= 15 is 0 Å². The van der Waals surface area contributed by atoms with Crippen molar-refractivity contribution in [2.75, 3.05) is 12.0 Å². The van der Waals surface area contributed by atoms with Gasteiger partial charge in [-0.2, -0.15) is 11.8 Å². The van der Waals surface area contributed by atoms with Crippen LogP contribution in [0.4, 0.5) is 0 Å². The summed E-state index contributed by atoms with van der Waals surface area (Å²) in [4.78, 5) is 38.2. The zero-order valence-electron chi connectivity index (χ0n) is 23.0. The Kier molecular flexibility index (Phi) is 10.1. The number of carboxylic acid groups (broad SMARTS) is 1. The Balaban J connectivity index is 0.00000370. The molecule has 40 heavy (non-hydrogen) atoms. The van der Waals surface area contributed by atoms with Crippen LogP contribution in [0.3, 0.4) is 0 Å². The summed E-state index contributed by atoms with van der Waals surface area (Å²) in [6.45, 7) is 2.00. The normalized spacial score (nSPS) is 25.1. The van der Waals surface area contributed by atoms with E-state index < -0.39 is 17.9 Å². The number of aliphatic carboxylic acids is 1. The van der Waals surface area contributed by atoms with E-state index in [-0.39, 0.29) is 30.3 Å². The first-order valence-corrected chi connectivity index (χ1v) is 15.7. The summed E-state index contributed by atoms with van der Waals surface area (Å²) in [5.74, 6) is 1.69. The van der Waals surface area contributed by atoms with Crippen LogP contribution in [0.2, 0.25) is 0 Å². The van der Waals surface area contributed by atoms with Crippen molar-refractivity contribution < 1.29 is 19.5 Å². The van der Waals surface area contributed by atoms with Gasteiger partial charge in [0.15, 0.2) is 0 Å². The van der Waals surface area contributed by atoms with Gasteiger partial charge in [0.05, 0.1) is 0 Å². The molecule has 0 heterocycles. The maximum absolute atomic E-state index is 13.3. The van der Waals surface area contributed by atoms with Crippen molar-refractivity contribution in [1.29, 1.82) is 0 Å². The van der Waals surface area contributed by atoms with E-state index in [0.717, 1.165) is 59.3 Å². The van der Waals surface area contributed by atoms with Gasteiger partial charge in [0.1, 0.15) is 6.04 Å². The Hall–Kier alpha value is -2.20. The van der Waals surface area contributed by atoms with Gasteiger partial charge in [-0.15, -0.1) is 0 Å². The van der Waals surface area contributed by atoms with Crippen molar-refractivity contribution in [3.8, 4) is 11.1 Å². The Morgan fingerprint density at radius 2 is 1.65 bits per heavy atom. The number of thioether (sulfide) groups is 1. The molecule has 0 spiro atoms. The number of carbonyl (C=O) groups is 3. The quantitative estimate of drug-likeness (QED) is 0.340. The Labute approximate surface area is 254 Å². The number of hydrogen-bond donors (Lipinski definition) is 3. The van der Waals surface area contributed by atoms with Gasteiger partial charge >= 0.3 is 24.8 Å². The van der Waals surface area contributed by atoms with Gasteiger partial charge in [0.2, 0.25) is 5.91 Å². The van der Waals surface area contributed by atoms with Crippen LogP contribution in [-0.4, -0.2) is 65.3 Å². The second-order valence-electron chi connectivity index (χ2n) is 12.1. The van der Waals surface area contributed by atoms with E-state index in [1.165, 1.54) is 19.3 Å². The Bertz CT molecular complexity index is 1210. The molecule has 0 aliphatic heterocycles. The van der Waals surface area contributed by atoms with Crippen molar-refractivity contribution in [2.24, 2.45) is 17.8 Å². The fourth-order valence-electron chi connectivity index (χ4n) is 7.65. The molecule has 0 radical (unpaired) electrons. The number of aryl methyl sites for hydroxylation is 2. The molecule has 8 heteroatoms. The minimum atomic E-state index is -1.03. The van der Waals surface area contributed by atoms with Crippen LogP contribution in [0.1, 0.15) is 72.9 Å². The number of rotatable bonds is 11. The van der Waals surface area contributed by atoms with E-state index in [1.54, 1.807) is 17.8 Å². The molecule has 0 unspecified atom stereocenters. The molecule has 0 aromatic heterocycles. The summed E-state index contributed by atoms with van der Waals surface area (Å²) < 4.78 is 0. The molecule has 2 aromatic rings. The van der Waals surface area contributed by atoms with E-state index in [1.807, 2.05) is 49.6 Å². The number of benzene rings is 2. The molecule has 4 aliphatic rings. The summed E-state index contributed by atoms with van der Waals surface area (Å²) >= 11 is 1.55. The van der Waals surface area contributed by atoms with E-state index in [2.05, 4.69) is 10.6 Å². The first-order chi connectivity index (χ1) is 18.7. The Morgan fingerprint density at radius 3 is 2.25 bits per heavy atom. The monoisotopic (exact) mass is 556 g/mol. The standard InChI is InChI=1S/C32H40N2O4S.Li.H/c1-20-5-3-4-6-25(20)27-16-21(7-9-26(27)30(36)33-28(31(37)38)11-12-39-2)8-10-29(35)34-32-17-22-13-23(18-32)15-24(14-22)19-32;;/h3-7,9,16,22-24,28H,8,10-15,17-19H2,1-2H3,(H,33,36)(H,34,35)(H,37,38);;/t22?,23?,24?,28-,32?;;/m0../s1. The molecule has 2 amide bonds. The molecule has 4 saturated carbocycles. The fraction of sp³-hybridized carbons (Fsp3) is 0.531. The van der Waals surface area contributed by atoms with Gasteiger partial charge in [-0.3, -0.25) is 9.59 Å². The molecule has 4 fully saturated rings. The van der Waals surface area contributed by atoms with Crippen LogP contribution in [-0.2, 0) is 16.0 Å². The summed E-state index contributed by atoms with van der Waals surface area (Å²) in [5, 5.41) is 15.8. The van der Waals surface area contributed by atoms with Crippen molar-refractivity contribution >= 4 is 48.4 Å². The van der Waals surface area contributed by atoms with Gasteiger partial charge < -0.3 is 15.7 Å². The number of carboxylic acids is 1. The molecule has 2 aromatic carbocycles. The third-order valence-electron chi connectivity index (χ3n) is 9.06. The predicted molar refractivity (Wildman–Crippen MR) is 163 cm³/mol. The van der Waals surface area contributed by atoms with E-state index in [4.69, 9.17) is 0 Å².